The van der Waals surface area contributed by atoms with Gasteiger partial charge in [-0.2, -0.15) is 0 Å². The van der Waals surface area contributed by atoms with Gasteiger partial charge in [0, 0.05) is 0 Å². The third-order valence-electron chi connectivity index (χ3n) is 2.67. The summed E-state index contributed by atoms with van der Waals surface area (Å²) in [6, 6.07) is 8.71. The molecule has 0 spiro atoms. The maximum atomic E-state index is 8.63. The number of phenolic OH excluding ortho intramolecular Hbond substituents is 1. The number of unbranched alkanes of at least 4 members (excludes halogenated alkanes) is 4. The number of hydrogen-bond donors (Lipinski definition) is 2. The van der Waals surface area contributed by atoms with Crippen molar-refractivity contribution in [2.75, 3.05) is 13.1 Å². The smallest absolute Gasteiger partial charge is 0.115 e. The van der Waals surface area contributed by atoms with Crippen molar-refractivity contribution in [2.45, 2.75) is 52.4 Å². The van der Waals surface area contributed by atoms with Gasteiger partial charge in [0.1, 0.15) is 5.75 Å². The Morgan fingerprint density at radius 3 is 1.67 bits per heavy atom. The predicted octanol–water partition coefficient (Wildman–Crippen LogP) is 4.35. The standard InChI is InChI=1S/C10H23N.C6H6O/c1-3-5-7-9-11-10-8-6-4-2;7-6-4-2-1-3-5-6/h11H,3-10H2,1-2H3;1-5,7H. The molecule has 0 aromatic heterocycles. The first-order valence-electron chi connectivity index (χ1n) is 7.26. The molecular formula is C16H29NO. The number of phenols is 1. The number of nitrogens with one attached hydrogen (secondary N) is 1. The predicted molar refractivity (Wildman–Crippen MR) is 80.0 cm³/mol. The van der Waals surface area contributed by atoms with E-state index in [4.69, 9.17) is 5.11 Å². The highest BCUT2D eigenvalue weighted by Gasteiger charge is 1.87. The van der Waals surface area contributed by atoms with Crippen LogP contribution >= 0.6 is 0 Å². The molecule has 104 valence electrons. The summed E-state index contributed by atoms with van der Waals surface area (Å²) in [5.74, 6) is 0.322. The monoisotopic (exact) mass is 251 g/mol. The molecule has 2 N–H and O–H groups in total. The maximum absolute atomic E-state index is 8.63. The second kappa shape index (κ2) is 14.0. The fourth-order valence-electron chi connectivity index (χ4n) is 1.55. The Bertz CT molecular complexity index is 241. The summed E-state index contributed by atoms with van der Waals surface area (Å²) in [4.78, 5) is 0. The van der Waals surface area contributed by atoms with E-state index in [0.29, 0.717) is 5.75 Å². The quantitative estimate of drug-likeness (QED) is 0.673. The molecule has 0 fully saturated rings. The summed E-state index contributed by atoms with van der Waals surface area (Å²) in [7, 11) is 0. The Labute approximate surface area is 112 Å². The molecule has 0 bridgehead atoms. The van der Waals surface area contributed by atoms with Crippen LogP contribution in [0.3, 0.4) is 0 Å². The Balaban J connectivity index is 0.000000351. The van der Waals surface area contributed by atoms with Crippen LogP contribution in [-0.2, 0) is 0 Å². The summed E-state index contributed by atoms with van der Waals surface area (Å²) in [5, 5.41) is 12.1. The van der Waals surface area contributed by atoms with Crippen LogP contribution in [0, 0.1) is 0 Å². The van der Waals surface area contributed by atoms with Crippen molar-refractivity contribution in [3.05, 3.63) is 30.3 Å². The second-order valence-corrected chi connectivity index (χ2v) is 4.50. The van der Waals surface area contributed by atoms with E-state index in [1.54, 1.807) is 24.3 Å². The van der Waals surface area contributed by atoms with Gasteiger partial charge in [-0.25, -0.2) is 0 Å². The van der Waals surface area contributed by atoms with Gasteiger partial charge < -0.3 is 10.4 Å². The van der Waals surface area contributed by atoms with Crippen LogP contribution in [-0.4, -0.2) is 18.2 Å². The SMILES string of the molecule is CCCCCNCCCCC.Oc1ccccc1. The Hall–Kier alpha value is -1.02. The molecule has 0 radical (unpaired) electrons. The second-order valence-electron chi connectivity index (χ2n) is 4.50. The van der Waals surface area contributed by atoms with Crippen LogP contribution in [0.25, 0.3) is 0 Å². The minimum absolute atomic E-state index is 0.322. The lowest BCUT2D eigenvalue weighted by molar-refractivity contribution is 0.475. The van der Waals surface area contributed by atoms with Gasteiger partial charge in [-0.3, -0.25) is 0 Å². The third-order valence-corrected chi connectivity index (χ3v) is 2.67. The molecule has 0 aliphatic rings. The summed E-state index contributed by atoms with van der Waals surface area (Å²) >= 11 is 0. The van der Waals surface area contributed by atoms with Crippen LogP contribution in [0.15, 0.2) is 30.3 Å². The van der Waals surface area contributed by atoms with Crippen LogP contribution in [0.2, 0.25) is 0 Å². The average molecular weight is 251 g/mol. The van der Waals surface area contributed by atoms with Crippen molar-refractivity contribution < 1.29 is 5.11 Å². The average Bonchev–Trinajstić information content (AvgIpc) is 2.39. The molecule has 1 rings (SSSR count). The number of benzene rings is 1. The number of para-hydroxylation sites is 1. The van der Waals surface area contributed by atoms with Gasteiger partial charge in [0.25, 0.3) is 0 Å². The minimum atomic E-state index is 0.322. The van der Waals surface area contributed by atoms with Gasteiger partial charge >= 0.3 is 0 Å². The van der Waals surface area contributed by atoms with Crippen molar-refractivity contribution in [1.29, 1.82) is 0 Å². The zero-order valence-electron chi connectivity index (χ0n) is 12.0. The van der Waals surface area contributed by atoms with Crippen molar-refractivity contribution in [3.8, 4) is 5.75 Å². The number of hydrogen-bond acceptors (Lipinski definition) is 2. The Morgan fingerprint density at radius 2 is 1.33 bits per heavy atom. The van der Waals surface area contributed by atoms with E-state index in [9.17, 15) is 0 Å². The molecule has 0 aliphatic carbocycles. The summed E-state index contributed by atoms with van der Waals surface area (Å²) < 4.78 is 0. The van der Waals surface area contributed by atoms with E-state index in [1.165, 1.54) is 51.6 Å². The molecule has 1 aromatic rings. The summed E-state index contributed by atoms with van der Waals surface area (Å²) in [6.07, 6.45) is 8.11. The normalized spacial score (nSPS) is 9.67. The lowest BCUT2D eigenvalue weighted by Gasteiger charge is -2.02. The van der Waals surface area contributed by atoms with Crippen LogP contribution in [0.1, 0.15) is 52.4 Å². The Morgan fingerprint density at radius 1 is 0.833 bits per heavy atom. The highest BCUT2D eigenvalue weighted by molar-refractivity contribution is 5.18. The number of rotatable bonds is 8. The van der Waals surface area contributed by atoms with E-state index in [-0.39, 0.29) is 0 Å². The van der Waals surface area contributed by atoms with Gasteiger partial charge in [-0.05, 0) is 38.1 Å². The van der Waals surface area contributed by atoms with Crippen molar-refractivity contribution in [3.63, 3.8) is 0 Å². The first-order valence-corrected chi connectivity index (χ1v) is 7.26. The lowest BCUT2D eigenvalue weighted by atomic mass is 10.2. The fourth-order valence-corrected chi connectivity index (χ4v) is 1.55. The van der Waals surface area contributed by atoms with E-state index >= 15 is 0 Å². The largest absolute Gasteiger partial charge is 0.508 e. The molecule has 0 amide bonds. The zero-order chi connectivity index (χ0) is 13.5. The Kier molecular flexibility index (Phi) is 13.2. The molecule has 0 heterocycles. The summed E-state index contributed by atoms with van der Waals surface area (Å²) in [5.41, 5.74) is 0. The van der Waals surface area contributed by atoms with Crippen molar-refractivity contribution in [2.24, 2.45) is 0 Å². The molecule has 0 aliphatic heterocycles. The van der Waals surface area contributed by atoms with Gasteiger partial charge in [-0.1, -0.05) is 57.7 Å². The minimum Gasteiger partial charge on any atom is -0.508 e. The molecule has 18 heavy (non-hydrogen) atoms. The van der Waals surface area contributed by atoms with E-state index < -0.39 is 0 Å². The van der Waals surface area contributed by atoms with Crippen LogP contribution < -0.4 is 5.32 Å². The molecule has 2 nitrogen and oxygen atoms in total. The number of aromatic hydroxyl groups is 1. The molecule has 0 unspecified atom stereocenters. The van der Waals surface area contributed by atoms with Crippen LogP contribution in [0.4, 0.5) is 0 Å². The lowest BCUT2D eigenvalue weighted by Crippen LogP contribution is -2.16. The highest BCUT2D eigenvalue weighted by atomic mass is 16.3. The maximum Gasteiger partial charge on any atom is 0.115 e. The van der Waals surface area contributed by atoms with Gasteiger partial charge in [0.2, 0.25) is 0 Å². The van der Waals surface area contributed by atoms with Crippen LogP contribution in [0.5, 0.6) is 5.75 Å². The van der Waals surface area contributed by atoms with E-state index in [2.05, 4.69) is 19.2 Å². The van der Waals surface area contributed by atoms with Crippen molar-refractivity contribution in [1.82, 2.24) is 5.32 Å². The first kappa shape index (κ1) is 17.0. The van der Waals surface area contributed by atoms with E-state index in [0.717, 1.165) is 0 Å². The topological polar surface area (TPSA) is 32.3 Å². The third kappa shape index (κ3) is 13.0. The summed E-state index contributed by atoms with van der Waals surface area (Å²) in [6.45, 7) is 6.93. The fraction of sp³-hybridized carbons (Fsp3) is 0.625. The van der Waals surface area contributed by atoms with Gasteiger partial charge in [0.05, 0.1) is 0 Å². The highest BCUT2D eigenvalue weighted by Crippen LogP contribution is 2.02. The zero-order valence-corrected chi connectivity index (χ0v) is 12.0. The molecule has 2 heteroatoms. The molecule has 0 saturated heterocycles. The molecular weight excluding hydrogens is 222 g/mol. The first-order chi connectivity index (χ1) is 8.81. The van der Waals surface area contributed by atoms with E-state index in [1.807, 2.05) is 6.07 Å². The van der Waals surface area contributed by atoms with Crippen molar-refractivity contribution >= 4 is 0 Å². The molecule has 0 saturated carbocycles. The van der Waals surface area contributed by atoms with Gasteiger partial charge in [-0.15, -0.1) is 0 Å². The molecule has 0 atom stereocenters. The molecule has 1 aromatic carbocycles. The van der Waals surface area contributed by atoms with Gasteiger partial charge in [0.15, 0.2) is 0 Å².